The number of rotatable bonds is 0. The molecule has 4 rings (SSSR count). The Labute approximate surface area is 133 Å². The maximum absolute atomic E-state index is 10.8. The Bertz CT molecular complexity index is 542. The Kier molecular flexibility index (Phi) is 3.09. The molecule has 8 atom stereocenters. The monoisotopic (exact) mass is 303 g/mol. The highest BCUT2D eigenvalue weighted by molar-refractivity contribution is 5.26. The summed E-state index contributed by atoms with van der Waals surface area (Å²) in [6.45, 7) is 4.59. The average Bonchev–Trinajstić information content (AvgIpc) is 2.77. The van der Waals surface area contributed by atoms with Crippen molar-refractivity contribution in [2.45, 2.75) is 58.1 Å². The SMILES string of the molecule is C[C@]12C=CC(N)CC1C=C(O)[C@@H]1[C@H]2CC[C@]2(C)C(O)CC[C@@H]12. The fraction of sp³-hybridized carbons (Fsp3) is 0.789. The van der Waals surface area contributed by atoms with Crippen molar-refractivity contribution in [1.82, 2.24) is 0 Å². The van der Waals surface area contributed by atoms with Gasteiger partial charge in [0.15, 0.2) is 0 Å². The summed E-state index contributed by atoms with van der Waals surface area (Å²) in [6.07, 6.45) is 11.4. The zero-order valence-corrected chi connectivity index (χ0v) is 13.7. The molecule has 3 heteroatoms. The zero-order chi connectivity index (χ0) is 15.7. The van der Waals surface area contributed by atoms with Gasteiger partial charge in [-0.2, -0.15) is 0 Å². The third kappa shape index (κ3) is 1.75. The van der Waals surface area contributed by atoms with Crippen molar-refractivity contribution < 1.29 is 10.2 Å². The fourth-order valence-electron chi connectivity index (χ4n) is 6.27. The summed E-state index contributed by atoms with van der Waals surface area (Å²) in [5.74, 6) is 2.05. The number of aliphatic hydroxyl groups is 2. The molecule has 3 unspecified atom stereocenters. The van der Waals surface area contributed by atoms with E-state index in [-0.39, 0.29) is 28.9 Å². The van der Waals surface area contributed by atoms with Crippen molar-refractivity contribution in [1.29, 1.82) is 0 Å². The van der Waals surface area contributed by atoms with E-state index in [1.54, 1.807) is 0 Å². The van der Waals surface area contributed by atoms with Crippen LogP contribution in [-0.2, 0) is 0 Å². The lowest BCUT2D eigenvalue weighted by Gasteiger charge is -2.57. The van der Waals surface area contributed by atoms with E-state index in [1.165, 1.54) is 0 Å². The molecule has 2 saturated carbocycles. The van der Waals surface area contributed by atoms with Crippen molar-refractivity contribution in [2.24, 2.45) is 40.2 Å². The maximum atomic E-state index is 10.8. The standard InChI is InChI=1S/C19H29NO2/c1-18-7-5-12(20)9-11(18)10-15(21)17-13-3-4-16(22)19(13,2)8-6-14(17)18/h5,7,10-14,16-17,21-22H,3-4,6,8-9,20H2,1-2H3/t11?,12?,13-,14+,16?,17-,18-,19-/m0/s1. The smallest absolute Gasteiger partial charge is 0.0922 e. The van der Waals surface area contributed by atoms with Gasteiger partial charge in [0, 0.05) is 12.0 Å². The van der Waals surface area contributed by atoms with Gasteiger partial charge in [-0.1, -0.05) is 26.0 Å². The summed E-state index contributed by atoms with van der Waals surface area (Å²) in [5, 5.41) is 21.3. The van der Waals surface area contributed by atoms with Crippen LogP contribution in [0.25, 0.3) is 0 Å². The van der Waals surface area contributed by atoms with Crippen LogP contribution in [0.1, 0.15) is 46.0 Å². The molecule has 122 valence electrons. The maximum Gasteiger partial charge on any atom is 0.0922 e. The van der Waals surface area contributed by atoms with Gasteiger partial charge in [0.25, 0.3) is 0 Å². The number of hydrogen-bond acceptors (Lipinski definition) is 3. The number of hydrogen-bond donors (Lipinski definition) is 3. The van der Waals surface area contributed by atoms with E-state index < -0.39 is 0 Å². The summed E-state index contributed by atoms with van der Waals surface area (Å²) < 4.78 is 0. The van der Waals surface area contributed by atoms with Crippen molar-refractivity contribution in [3.63, 3.8) is 0 Å². The lowest BCUT2D eigenvalue weighted by atomic mass is 9.48. The van der Waals surface area contributed by atoms with E-state index in [2.05, 4.69) is 32.1 Å². The normalized spacial score (nSPS) is 56.8. The van der Waals surface area contributed by atoms with Crippen molar-refractivity contribution >= 4 is 0 Å². The number of aliphatic hydroxyl groups excluding tert-OH is 2. The Morgan fingerprint density at radius 1 is 1.18 bits per heavy atom. The zero-order valence-electron chi connectivity index (χ0n) is 13.7. The van der Waals surface area contributed by atoms with Crippen LogP contribution < -0.4 is 5.73 Å². The second-order valence-electron chi connectivity index (χ2n) is 8.70. The molecule has 0 radical (unpaired) electrons. The van der Waals surface area contributed by atoms with Gasteiger partial charge in [0.2, 0.25) is 0 Å². The molecule has 2 fully saturated rings. The van der Waals surface area contributed by atoms with Crippen LogP contribution in [0, 0.1) is 34.5 Å². The highest BCUT2D eigenvalue weighted by Crippen LogP contribution is 2.64. The molecular weight excluding hydrogens is 274 g/mol. The van der Waals surface area contributed by atoms with Gasteiger partial charge in [0.05, 0.1) is 11.9 Å². The van der Waals surface area contributed by atoms with Crippen molar-refractivity contribution in [3.8, 4) is 0 Å². The van der Waals surface area contributed by atoms with E-state index in [0.717, 1.165) is 32.1 Å². The minimum Gasteiger partial charge on any atom is -0.512 e. The van der Waals surface area contributed by atoms with Crippen LogP contribution in [-0.4, -0.2) is 22.4 Å². The molecule has 3 nitrogen and oxygen atoms in total. The van der Waals surface area contributed by atoms with Gasteiger partial charge in [-0.3, -0.25) is 0 Å². The Morgan fingerprint density at radius 2 is 1.95 bits per heavy atom. The molecule has 0 saturated heterocycles. The first-order valence-corrected chi connectivity index (χ1v) is 8.90. The fourth-order valence-corrected chi connectivity index (χ4v) is 6.27. The molecule has 22 heavy (non-hydrogen) atoms. The average molecular weight is 303 g/mol. The van der Waals surface area contributed by atoms with Gasteiger partial charge in [-0.15, -0.1) is 0 Å². The Hall–Kier alpha value is -0.800. The summed E-state index contributed by atoms with van der Waals surface area (Å²) >= 11 is 0. The van der Waals surface area contributed by atoms with E-state index in [0.29, 0.717) is 23.5 Å². The number of fused-ring (bicyclic) bond motifs is 5. The molecular formula is C19H29NO2. The molecule has 0 bridgehead atoms. The molecule has 4 aliphatic rings. The molecule has 0 spiro atoms. The quantitative estimate of drug-likeness (QED) is 0.602. The molecule has 0 aromatic heterocycles. The molecule has 0 aromatic carbocycles. The summed E-state index contributed by atoms with van der Waals surface area (Å²) in [6, 6.07) is 0.112. The van der Waals surface area contributed by atoms with Gasteiger partial charge < -0.3 is 15.9 Å². The minimum atomic E-state index is -0.202. The topological polar surface area (TPSA) is 66.5 Å². The van der Waals surface area contributed by atoms with Gasteiger partial charge in [0.1, 0.15) is 0 Å². The van der Waals surface area contributed by atoms with Crippen LogP contribution in [0.4, 0.5) is 0 Å². The number of allylic oxidation sites excluding steroid dienone is 3. The second-order valence-corrected chi connectivity index (χ2v) is 8.70. The summed E-state index contributed by atoms with van der Waals surface area (Å²) in [5.41, 5.74) is 6.21. The van der Waals surface area contributed by atoms with Gasteiger partial charge >= 0.3 is 0 Å². The molecule has 0 aromatic rings. The van der Waals surface area contributed by atoms with Crippen LogP contribution >= 0.6 is 0 Å². The third-order valence-corrected chi connectivity index (χ3v) is 7.76. The van der Waals surface area contributed by atoms with Crippen LogP contribution in [0.5, 0.6) is 0 Å². The molecule has 0 amide bonds. The third-order valence-electron chi connectivity index (χ3n) is 7.76. The van der Waals surface area contributed by atoms with Crippen molar-refractivity contribution in [3.05, 3.63) is 24.0 Å². The Balaban J connectivity index is 1.76. The van der Waals surface area contributed by atoms with Crippen LogP contribution in [0.2, 0.25) is 0 Å². The lowest BCUT2D eigenvalue weighted by Crippen LogP contribution is -2.53. The van der Waals surface area contributed by atoms with E-state index in [1.807, 2.05) is 0 Å². The second kappa shape index (κ2) is 4.61. The van der Waals surface area contributed by atoms with Gasteiger partial charge in [-0.25, -0.2) is 0 Å². The molecule has 0 aliphatic heterocycles. The lowest BCUT2D eigenvalue weighted by molar-refractivity contribution is -0.0722. The first-order chi connectivity index (χ1) is 10.4. The minimum absolute atomic E-state index is 0.0129. The summed E-state index contributed by atoms with van der Waals surface area (Å²) in [4.78, 5) is 0. The Morgan fingerprint density at radius 3 is 2.73 bits per heavy atom. The highest BCUT2D eigenvalue weighted by Gasteiger charge is 2.60. The highest BCUT2D eigenvalue weighted by atomic mass is 16.3. The first kappa shape index (κ1) is 14.8. The van der Waals surface area contributed by atoms with Crippen LogP contribution in [0.3, 0.4) is 0 Å². The largest absolute Gasteiger partial charge is 0.512 e. The van der Waals surface area contributed by atoms with Crippen LogP contribution in [0.15, 0.2) is 24.0 Å². The molecule has 0 heterocycles. The van der Waals surface area contributed by atoms with E-state index in [9.17, 15) is 10.2 Å². The number of nitrogens with two attached hydrogens (primary N) is 1. The summed E-state index contributed by atoms with van der Waals surface area (Å²) in [7, 11) is 0. The van der Waals surface area contributed by atoms with E-state index in [4.69, 9.17) is 5.73 Å². The predicted molar refractivity (Wildman–Crippen MR) is 87.1 cm³/mol. The van der Waals surface area contributed by atoms with E-state index >= 15 is 0 Å². The first-order valence-electron chi connectivity index (χ1n) is 8.90. The van der Waals surface area contributed by atoms with Crippen molar-refractivity contribution in [2.75, 3.05) is 0 Å². The molecule has 4 aliphatic carbocycles. The molecule has 4 N–H and O–H groups in total. The predicted octanol–water partition coefficient (Wildman–Crippen LogP) is 3.16. The van der Waals surface area contributed by atoms with Gasteiger partial charge in [-0.05, 0) is 66.8 Å².